The first-order chi connectivity index (χ1) is 11.5. The van der Waals surface area contributed by atoms with Crippen molar-refractivity contribution in [2.75, 3.05) is 0 Å². The van der Waals surface area contributed by atoms with Crippen molar-refractivity contribution in [3.05, 3.63) is 47.6 Å². The molecule has 0 spiro atoms. The molecule has 3 aliphatic carbocycles. The Balaban J connectivity index is 1.77. The van der Waals surface area contributed by atoms with Gasteiger partial charge in [-0.15, -0.1) is 0 Å². The third-order valence-corrected chi connectivity index (χ3v) is 7.48. The molecule has 0 unspecified atom stereocenters. The van der Waals surface area contributed by atoms with Gasteiger partial charge in [0.1, 0.15) is 0 Å². The number of allylic oxidation sites excluding steroid dienone is 6. The minimum atomic E-state index is 0.476. The zero-order valence-corrected chi connectivity index (χ0v) is 16.2. The Morgan fingerprint density at radius 1 is 1.21 bits per heavy atom. The highest BCUT2D eigenvalue weighted by molar-refractivity contribution is 5.28. The molecule has 0 amide bonds. The molecule has 0 aromatic heterocycles. The molecule has 0 aromatic carbocycles. The summed E-state index contributed by atoms with van der Waals surface area (Å²) < 4.78 is 0. The van der Waals surface area contributed by atoms with Crippen LogP contribution in [0.4, 0.5) is 0 Å². The van der Waals surface area contributed by atoms with Gasteiger partial charge in [0.2, 0.25) is 0 Å². The Hall–Kier alpha value is -1.04. The molecule has 0 aromatic rings. The Kier molecular flexibility index (Phi) is 5.23. The molecule has 0 saturated heterocycles. The Morgan fingerprint density at radius 2 is 2.00 bits per heavy atom. The molecule has 0 heteroatoms. The van der Waals surface area contributed by atoms with E-state index in [2.05, 4.69) is 46.1 Å². The average molecular weight is 325 g/mol. The van der Waals surface area contributed by atoms with E-state index in [-0.39, 0.29) is 0 Å². The van der Waals surface area contributed by atoms with Crippen molar-refractivity contribution < 1.29 is 0 Å². The summed E-state index contributed by atoms with van der Waals surface area (Å²) in [7, 11) is 0. The van der Waals surface area contributed by atoms with Crippen LogP contribution in [0.15, 0.2) is 47.6 Å². The fourth-order valence-electron chi connectivity index (χ4n) is 5.74. The molecular formula is C24H36. The molecule has 0 aliphatic heterocycles. The van der Waals surface area contributed by atoms with Gasteiger partial charge in [-0.3, -0.25) is 0 Å². The number of hydrogen-bond acceptors (Lipinski definition) is 0. The topological polar surface area (TPSA) is 0 Å². The number of rotatable bonds is 3. The first-order valence-corrected chi connectivity index (χ1v) is 10.2. The van der Waals surface area contributed by atoms with Crippen LogP contribution in [-0.4, -0.2) is 0 Å². The van der Waals surface area contributed by atoms with Crippen molar-refractivity contribution >= 4 is 0 Å². The first-order valence-electron chi connectivity index (χ1n) is 10.2. The van der Waals surface area contributed by atoms with Crippen LogP contribution in [0.5, 0.6) is 0 Å². The molecule has 132 valence electrons. The maximum atomic E-state index is 4.41. The number of hydrogen-bond donors (Lipinski definition) is 0. The van der Waals surface area contributed by atoms with Gasteiger partial charge >= 0.3 is 0 Å². The summed E-state index contributed by atoms with van der Waals surface area (Å²) in [6.07, 6.45) is 16.6. The van der Waals surface area contributed by atoms with E-state index in [1.54, 1.807) is 11.1 Å². The van der Waals surface area contributed by atoms with Crippen molar-refractivity contribution in [2.45, 2.75) is 78.6 Å². The van der Waals surface area contributed by atoms with Gasteiger partial charge in [-0.25, -0.2) is 0 Å². The smallest absolute Gasteiger partial charge is 0.0140 e. The zero-order valence-electron chi connectivity index (χ0n) is 16.2. The lowest BCUT2D eigenvalue weighted by atomic mass is 9.62. The maximum Gasteiger partial charge on any atom is -0.0140 e. The van der Waals surface area contributed by atoms with Crippen LogP contribution in [0.25, 0.3) is 0 Å². The third-order valence-electron chi connectivity index (χ3n) is 7.48. The van der Waals surface area contributed by atoms with Crippen LogP contribution < -0.4 is 0 Å². The molecule has 0 radical (unpaired) electrons. The second kappa shape index (κ2) is 7.06. The highest BCUT2D eigenvalue weighted by Crippen LogP contribution is 2.59. The molecule has 3 rings (SSSR count). The average Bonchev–Trinajstić information content (AvgIpc) is 2.92. The van der Waals surface area contributed by atoms with E-state index in [0.29, 0.717) is 11.3 Å². The lowest BCUT2D eigenvalue weighted by Gasteiger charge is -2.43. The van der Waals surface area contributed by atoms with E-state index in [9.17, 15) is 0 Å². The molecule has 3 saturated carbocycles. The molecule has 0 nitrogen and oxygen atoms in total. The van der Waals surface area contributed by atoms with E-state index < -0.39 is 0 Å². The summed E-state index contributed by atoms with van der Waals surface area (Å²) in [5.41, 5.74) is 6.80. The maximum absolute atomic E-state index is 4.41. The molecule has 24 heavy (non-hydrogen) atoms. The second-order valence-electron chi connectivity index (χ2n) is 8.88. The van der Waals surface area contributed by atoms with Crippen LogP contribution >= 0.6 is 0 Å². The fraction of sp³-hybridized carbons (Fsp3) is 0.667. The molecule has 3 aliphatic rings. The lowest BCUT2D eigenvalue weighted by molar-refractivity contribution is 0.154. The van der Waals surface area contributed by atoms with E-state index in [0.717, 1.165) is 18.3 Å². The Labute approximate surface area is 149 Å². The van der Waals surface area contributed by atoms with Crippen LogP contribution in [0, 0.1) is 23.2 Å². The van der Waals surface area contributed by atoms with Crippen LogP contribution in [-0.2, 0) is 0 Å². The summed E-state index contributed by atoms with van der Waals surface area (Å²) in [6, 6.07) is 0. The summed E-state index contributed by atoms with van der Waals surface area (Å²) in [4.78, 5) is 0. The van der Waals surface area contributed by atoms with E-state index in [4.69, 9.17) is 0 Å². The van der Waals surface area contributed by atoms with Gasteiger partial charge < -0.3 is 0 Å². The predicted octanol–water partition coefficient (Wildman–Crippen LogP) is 7.40. The highest BCUT2D eigenvalue weighted by Gasteiger charge is 2.49. The van der Waals surface area contributed by atoms with Crippen molar-refractivity contribution in [3.63, 3.8) is 0 Å². The second-order valence-corrected chi connectivity index (χ2v) is 8.88. The first kappa shape index (κ1) is 17.8. The number of fused-ring (bicyclic) bond motifs is 1. The Bertz CT molecular complexity index is 573. The molecule has 0 N–H and O–H groups in total. The van der Waals surface area contributed by atoms with Crippen molar-refractivity contribution in [1.29, 1.82) is 0 Å². The highest BCUT2D eigenvalue weighted by atomic mass is 14.5. The van der Waals surface area contributed by atoms with Crippen LogP contribution in [0.2, 0.25) is 0 Å². The van der Waals surface area contributed by atoms with Gasteiger partial charge in [-0.05, 0) is 81.0 Å². The molecule has 0 heterocycles. The molecule has 0 bridgehead atoms. The lowest BCUT2D eigenvalue weighted by Crippen LogP contribution is -2.33. The summed E-state index contributed by atoms with van der Waals surface area (Å²) in [5.74, 6) is 2.22. The van der Waals surface area contributed by atoms with E-state index in [1.165, 1.54) is 62.5 Å². The SMILES string of the molecule is C=C1CC/C(=C/C=C2\CCC[C@]3(C)[C@@H](C(=C)CC)CC[C@@H]23)C[C@H]1C. The molecule has 3 fully saturated rings. The van der Waals surface area contributed by atoms with Crippen molar-refractivity contribution in [1.82, 2.24) is 0 Å². The fourth-order valence-corrected chi connectivity index (χ4v) is 5.74. The largest absolute Gasteiger partial charge is 0.0996 e. The van der Waals surface area contributed by atoms with Crippen LogP contribution in [0.1, 0.15) is 78.6 Å². The van der Waals surface area contributed by atoms with Crippen LogP contribution in [0.3, 0.4) is 0 Å². The van der Waals surface area contributed by atoms with Gasteiger partial charge in [-0.1, -0.05) is 68.4 Å². The van der Waals surface area contributed by atoms with Gasteiger partial charge in [0.05, 0.1) is 0 Å². The standard InChI is InChI=1S/C24H36/c1-6-17(2)22-13-14-23-21(8-7-15-24(22,23)5)12-11-20-10-9-18(3)19(4)16-20/h11-12,19,22-23H,2-3,6-10,13-16H2,1,4-5H3/b20-11-,21-12+/t19-,22-,23+,24-/m1/s1. The van der Waals surface area contributed by atoms with E-state index >= 15 is 0 Å². The third kappa shape index (κ3) is 3.22. The summed E-state index contributed by atoms with van der Waals surface area (Å²) in [6.45, 7) is 15.8. The predicted molar refractivity (Wildman–Crippen MR) is 106 cm³/mol. The van der Waals surface area contributed by atoms with Gasteiger partial charge in [0, 0.05) is 0 Å². The van der Waals surface area contributed by atoms with Crippen molar-refractivity contribution in [3.8, 4) is 0 Å². The monoisotopic (exact) mass is 324 g/mol. The summed E-state index contributed by atoms with van der Waals surface area (Å²) >= 11 is 0. The van der Waals surface area contributed by atoms with Gasteiger partial charge in [-0.2, -0.15) is 0 Å². The quantitative estimate of drug-likeness (QED) is 0.474. The minimum absolute atomic E-state index is 0.476. The minimum Gasteiger partial charge on any atom is -0.0996 e. The van der Waals surface area contributed by atoms with Crippen molar-refractivity contribution in [2.24, 2.45) is 23.2 Å². The zero-order chi connectivity index (χ0) is 17.3. The normalized spacial score (nSPS) is 40.1. The molecular weight excluding hydrogens is 288 g/mol. The van der Waals surface area contributed by atoms with Gasteiger partial charge in [0.25, 0.3) is 0 Å². The van der Waals surface area contributed by atoms with Gasteiger partial charge in [0.15, 0.2) is 0 Å². The van der Waals surface area contributed by atoms with E-state index in [1.807, 2.05) is 0 Å². The molecule has 4 atom stereocenters. The summed E-state index contributed by atoms with van der Waals surface area (Å²) in [5, 5.41) is 0. The Morgan fingerprint density at radius 3 is 2.71 bits per heavy atom.